The zero-order chi connectivity index (χ0) is 17.4. The van der Waals surface area contributed by atoms with Gasteiger partial charge in [-0.15, -0.1) is 0 Å². The van der Waals surface area contributed by atoms with Gasteiger partial charge in [0.25, 0.3) is 5.91 Å². The summed E-state index contributed by atoms with van der Waals surface area (Å²) in [6.07, 6.45) is 6.22. The number of morpholine rings is 1. The van der Waals surface area contributed by atoms with Gasteiger partial charge >= 0.3 is 0 Å². The first-order valence-corrected chi connectivity index (χ1v) is 10.6. The minimum absolute atomic E-state index is 0.0284. The Hall–Kier alpha value is -1.44. The summed E-state index contributed by atoms with van der Waals surface area (Å²) in [5.74, 6) is -0.0284. The van der Waals surface area contributed by atoms with Gasteiger partial charge in [0.1, 0.15) is 0 Å². The van der Waals surface area contributed by atoms with Crippen LogP contribution in [0.2, 0.25) is 0 Å². The topological polar surface area (TPSA) is 75.7 Å². The highest BCUT2D eigenvalue weighted by Gasteiger charge is 2.37. The summed E-state index contributed by atoms with van der Waals surface area (Å²) in [4.78, 5) is 15.0. The first kappa shape index (κ1) is 17.0. The van der Waals surface area contributed by atoms with Crippen molar-refractivity contribution in [2.75, 3.05) is 13.2 Å². The molecule has 1 amide bonds. The molecule has 1 aromatic rings. The molecule has 4 rings (SSSR count). The van der Waals surface area contributed by atoms with E-state index in [0.29, 0.717) is 18.7 Å². The fourth-order valence-corrected chi connectivity index (χ4v) is 5.08. The Kier molecular flexibility index (Phi) is 4.56. The maximum Gasteiger partial charge on any atom is 0.254 e. The zero-order valence-corrected chi connectivity index (χ0v) is 15.0. The standard InChI is InChI=1S/C18H24N2O4S/c21-18(20-11-12-24-17-4-2-1-3-16(17)20)13-5-9-15(10-6-13)25(22,23)19-14-7-8-14/h5-6,9-10,14,16-17,19H,1-4,7-8,11-12H2/t16-,17-/m1/s1. The summed E-state index contributed by atoms with van der Waals surface area (Å²) in [6.45, 7) is 1.17. The van der Waals surface area contributed by atoms with Gasteiger partial charge in [-0.25, -0.2) is 13.1 Å². The van der Waals surface area contributed by atoms with Crippen LogP contribution >= 0.6 is 0 Å². The van der Waals surface area contributed by atoms with Gasteiger partial charge in [0, 0.05) is 18.2 Å². The van der Waals surface area contributed by atoms with Crippen LogP contribution in [0, 0.1) is 0 Å². The maximum absolute atomic E-state index is 12.9. The number of amides is 1. The molecule has 1 saturated heterocycles. The van der Waals surface area contributed by atoms with Gasteiger partial charge in [-0.05, 0) is 49.9 Å². The van der Waals surface area contributed by atoms with Crippen molar-refractivity contribution >= 4 is 15.9 Å². The number of nitrogens with zero attached hydrogens (tertiary/aromatic N) is 1. The van der Waals surface area contributed by atoms with Crippen LogP contribution in [0.25, 0.3) is 0 Å². The van der Waals surface area contributed by atoms with Gasteiger partial charge in [0.05, 0.1) is 23.6 Å². The molecule has 6 nitrogen and oxygen atoms in total. The lowest BCUT2D eigenvalue weighted by Gasteiger charge is -2.43. The number of carbonyl (C=O) groups is 1. The Balaban J connectivity index is 1.50. The van der Waals surface area contributed by atoms with E-state index in [-0.39, 0.29) is 29.0 Å². The fraction of sp³-hybridized carbons (Fsp3) is 0.611. The molecule has 1 aliphatic heterocycles. The Morgan fingerprint density at radius 2 is 1.80 bits per heavy atom. The molecule has 25 heavy (non-hydrogen) atoms. The van der Waals surface area contributed by atoms with Gasteiger partial charge in [-0.3, -0.25) is 4.79 Å². The normalized spacial score (nSPS) is 27.0. The third-order valence-electron chi connectivity index (χ3n) is 5.30. The van der Waals surface area contributed by atoms with Crippen LogP contribution in [-0.4, -0.2) is 50.6 Å². The van der Waals surface area contributed by atoms with Crippen molar-refractivity contribution in [2.45, 2.75) is 61.6 Å². The third-order valence-corrected chi connectivity index (χ3v) is 6.84. The number of rotatable bonds is 4. The summed E-state index contributed by atoms with van der Waals surface area (Å²) in [5.41, 5.74) is 0.539. The maximum atomic E-state index is 12.9. The van der Waals surface area contributed by atoms with E-state index in [1.54, 1.807) is 12.1 Å². The van der Waals surface area contributed by atoms with Crippen molar-refractivity contribution in [2.24, 2.45) is 0 Å². The van der Waals surface area contributed by atoms with Crippen LogP contribution in [0.3, 0.4) is 0 Å². The number of nitrogens with one attached hydrogen (secondary N) is 1. The Morgan fingerprint density at radius 1 is 1.08 bits per heavy atom. The molecular formula is C18H24N2O4S. The number of benzene rings is 1. The highest BCUT2D eigenvalue weighted by molar-refractivity contribution is 7.89. The molecule has 3 fully saturated rings. The average molecular weight is 364 g/mol. The Bertz CT molecular complexity index is 741. The van der Waals surface area contributed by atoms with Gasteiger partial charge in [-0.1, -0.05) is 12.8 Å². The first-order valence-electron chi connectivity index (χ1n) is 9.09. The molecule has 1 heterocycles. The lowest BCUT2D eigenvalue weighted by Crippen LogP contribution is -2.54. The van der Waals surface area contributed by atoms with Crippen LogP contribution in [0.15, 0.2) is 29.2 Å². The summed E-state index contributed by atoms with van der Waals surface area (Å²) < 4.78 is 32.9. The van der Waals surface area contributed by atoms with Crippen LogP contribution in [0.4, 0.5) is 0 Å². The third kappa shape index (κ3) is 3.59. The smallest absolute Gasteiger partial charge is 0.254 e. The number of hydrogen-bond acceptors (Lipinski definition) is 4. The van der Waals surface area contributed by atoms with Crippen LogP contribution < -0.4 is 4.72 Å². The second-order valence-corrected chi connectivity index (χ2v) is 8.89. The summed E-state index contributed by atoms with van der Waals surface area (Å²) in [5, 5.41) is 0. The van der Waals surface area contributed by atoms with Crippen molar-refractivity contribution in [1.29, 1.82) is 0 Å². The SMILES string of the molecule is O=C(c1ccc(S(=O)(=O)NC2CC2)cc1)N1CCO[C@@H]2CCCC[C@H]21. The molecule has 2 aliphatic carbocycles. The molecule has 2 saturated carbocycles. The molecule has 0 bridgehead atoms. The Labute approximate surface area is 148 Å². The van der Waals surface area contributed by atoms with Crippen LogP contribution in [0.5, 0.6) is 0 Å². The van der Waals surface area contributed by atoms with Crippen LogP contribution in [-0.2, 0) is 14.8 Å². The molecule has 7 heteroatoms. The summed E-state index contributed by atoms with van der Waals surface area (Å²) >= 11 is 0. The van der Waals surface area contributed by atoms with Crippen molar-refractivity contribution in [1.82, 2.24) is 9.62 Å². The lowest BCUT2D eigenvalue weighted by molar-refractivity contribution is -0.0752. The molecule has 0 aromatic heterocycles. The van der Waals surface area contributed by atoms with Gasteiger partial charge in [0.2, 0.25) is 10.0 Å². The molecular weight excluding hydrogens is 340 g/mol. The number of ether oxygens (including phenoxy) is 1. The van der Waals surface area contributed by atoms with E-state index in [9.17, 15) is 13.2 Å². The lowest BCUT2D eigenvalue weighted by atomic mass is 9.89. The van der Waals surface area contributed by atoms with Crippen molar-refractivity contribution in [3.05, 3.63) is 29.8 Å². The number of fused-ring (bicyclic) bond motifs is 1. The second-order valence-electron chi connectivity index (χ2n) is 7.18. The molecule has 2 atom stereocenters. The molecule has 136 valence electrons. The molecule has 0 radical (unpaired) electrons. The van der Waals surface area contributed by atoms with E-state index in [1.165, 1.54) is 12.1 Å². The highest BCUT2D eigenvalue weighted by Crippen LogP contribution is 2.29. The predicted octanol–water partition coefficient (Wildman–Crippen LogP) is 1.91. The molecule has 3 aliphatic rings. The quantitative estimate of drug-likeness (QED) is 0.885. The second kappa shape index (κ2) is 6.70. The first-order chi connectivity index (χ1) is 12.0. The molecule has 0 unspecified atom stereocenters. The van der Waals surface area contributed by atoms with Gasteiger partial charge in [0.15, 0.2) is 0 Å². The predicted molar refractivity (Wildman–Crippen MR) is 92.8 cm³/mol. The molecule has 1 N–H and O–H groups in total. The number of hydrogen-bond donors (Lipinski definition) is 1. The van der Waals surface area contributed by atoms with E-state index in [0.717, 1.165) is 38.5 Å². The molecule has 1 aromatic carbocycles. The molecule has 0 spiro atoms. The summed E-state index contributed by atoms with van der Waals surface area (Å²) in [7, 11) is -3.48. The minimum atomic E-state index is -3.48. The van der Waals surface area contributed by atoms with Gasteiger partial charge in [-0.2, -0.15) is 0 Å². The minimum Gasteiger partial charge on any atom is -0.374 e. The highest BCUT2D eigenvalue weighted by atomic mass is 32.2. The van der Waals surface area contributed by atoms with Crippen LogP contribution in [0.1, 0.15) is 48.9 Å². The van der Waals surface area contributed by atoms with E-state index >= 15 is 0 Å². The van der Waals surface area contributed by atoms with E-state index < -0.39 is 10.0 Å². The Morgan fingerprint density at radius 3 is 2.52 bits per heavy atom. The summed E-state index contributed by atoms with van der Waals surface area (Å²) in [6, 6.07) is 6.51. The van der Waals surface area contributed by atoms with Crippen molar-refractivity contribution < 1.29 is 17.9 Å². The van der Waals surface area contributed by atoms with E-state index in [2.05, 4.69) is 4.72 Å². The monoisotopic (exact) mass is 364 g/mol. The zero-order valence-electron chi connectivity index (χ0n) is 14.2. The van der Waals surface area contributed by atoms with E-state index in [1.807, 2.05) is 4.90 Å². The van der Waals surface area contributed by atoms with Crippen molar-refractivity contribution in [3.8, 4) is 0 Å². The van der Waals surface area contributed by atoms with Crippen molar-refractivity contribution in [3.63, 3.8) is 0 Å². The number of sulfonamides is 1. The number of carbonyl (C=O) groups excluding carboxylic acids is 1. The van der Waals surface area contributed by atoms with E-state index in [4.69, 9.17) is 4.74 Å². The van der Waals surface area contributed by atoms with Gasteiger partial charge < -0.3 is 9.64 Å². The largest absolute Gasteiger partial charge is 0.374 e. The fourth-order valence-electron chi connectivity index (χ4n) is 3.78. The average Bonchev–Trinajstić information content (AvgIpc) is 3.44.